The minimum absolute atomic E-state index is 0.118. The smallest absolute Gasteiger partial charge is 0.285 e. The van der Waals surface area contributed by atoms with Crippen LogP contribution in [0.2, 0.25) is 0 Å². The number of nitro groups is 1. The molecule has 0 unspecified atom stereocenters. The second kappa shape index (κ2) is 7.84. The van der Waals surface area contributed by atoms with Gasteiger partial charge in [0.15, 0.2) is 11.5 Å². The van der Waals surface area contributed by atoms with Gasteiger partial charge in [-0.15, -0.1) is 0 Å². The maximum absolute atomic E-state index is 13.0. The molecule has 0 saturated carbocycles. The number of benzene rings is 2. The fourth-order valence-corrected chi connectivity index (χ4v) is 5.19. The predicted octanol–water partition coefficient (Wildman–Crippen LogP) is 3.09. The summed E-state index contributed by atoms with van der Waals surface area (Å²) in [5, 5.41) is 15.7. The first-order chi connectivity index (χ1) is 14.0. The third-order valence-corrected chi connectivity index (χ3v) is 6.65. The number of methoxy groups -OCH3 is 2. The SMILES string of the molecule is COc1cc2[nH]c3c(c2cc1OC)CCN[C@@H]3C[S@@](=O)c1ccccc1[N+](=O)[O-]. The Kier molecular flexibility index (Phi) is 5.25. The number of aromatic amines is 1. The first-order valence-electron chi connectivity index (χ1n) is 9.15. The fourth-order valence-electron chi connectivity index (χ4n) is 3.82. The molecule has 2 heterocycles. The summed E-state index contributed by atoms with van der Waals surface area (Å²) in [5.74, 6) is 1.52. The van der Waals surface area contributed by atoms with Crippen LogP contribution in [0.5, 0.6) is 11.5 Å². The Balaban J connectivity index is 1.70. The molecule has 4 rings (SSSR count). The van der Waals surface area contributed by atoms with E-state index in [9.17, 15) is 14.3 Å². The van der Waals surface area contributed by atoms with Crippen molar-refractivity contribution in [2.45, 2.75) is 17.4 Å². The van der Waals surface area contributed by atoms with E-state index in [1.807, 2.05) is 12.1 Å². The molecular weight excluding hydrogens is 394 g/mol. The van der Waals surface area contributed by atoms with Gasteiger partial charge in [0.1, 0.15) is 4.90 Å². The van der Waals surface area contributed by atoms with Gasteiger partial charge >= 0.3 is 0 Å². The van der Waals surface area contributed by atoms with Crippen LogP contribution in [0.25, 0.3) is 10.9 Å². The molecule has 2 aromatic carbocycles. The van der Waals surface area contributed by atoms with Gasteiger partial charge in [-0.05, 0) is 30.7 Å². The molecule has 2 N–H and O–H groups in total. The van der Waals surface area contributed by atoms with Crippen LogP contribution in [0.4, 0.5) is 5.69 Å². The van der Waals surface area contributed by atoms with Crippen molar-refractivity contribution in [3.8, 4) is 11.5 Å². The van der Waals surface area contributed by atoms with E-state index in [4.69, 9.17) is 9.47 Å². The number of fused-ring (bicyclic) bond motifs is 3. The lowest BCUT2D eigenvalue weighted by Crippen LogP contribution is -2.33. The third kappa shape index (κ3) is 3.47. The Morgan fingerprint density at radius 2 is 1.93 bits per heavy atom. The number of rotatable bonds is 6. The van der Waals surface area contributed by atoms with Gasteiger partial charge in [-0.3, -0.25) is 14.3 Å². The fraction of sp³-hybridized carbons (Fsp3) is 0.300. The lowest BCUT2D eigenvalue weighted by molar-refractivity contribution is -0.387. The Morgan fingerprint density at radius 3 is 2.66 bits per heavy atom. The number of H-pyrrole nitrogens is 1. The third-order valence-electron chi connectivity index (χ3n) is 5.18. The predicted molar refractivity (Wildman–Crippen MR) is 110 cm³/mol. The monoisotopic (exact) mass is 415 g/mol. The van der Waals surface area contributed by atoms with Gasteiger partial charge in [-0.25, -0.2) is 0 Å². The second-order valence-corrected chi connectivity index (χ2v) is 8.23. The minimum atomic E-state index is -1.53. The largest absolute Gasteiger partial charge is 0.493 e. The number of ether oxygens (including phenoxy) is 2. The van der Waals surface area contributed by atoms with Crippen LogP contribution in [0.3, 0.4) is 0 Å². The Morgan fingerprint density at radius 1 is 1.21 bits per heavy atom. The van der Waals surface area contributed by atoms with E-state index in [2.05, 4.69) is 10.3 Å². The molecule has 0 spiro atoms. The summed E-state index contributed by atoms with van der Waals surface area (Å²) in [4.78, 5) is 14.5. The summed E-state index contributed by atoms with van der Waals surface area (Å²) in [7, 11) is 1.66. The summed E-state index contributed by atoms with van der Waals surface area (Å²) in [5.41, 5.74) is 2.89. The van der Waals surface area contributed by atoms with Gasteiger partial charge in [0.05, 0.1) is 36.0 Å². The maximum atomic E-state index is 13.0. The highest BCUT2D eigenvalue weighted by molar-refractivity contribution is 7.85. The number of nitrogens with zero attached hydrogens (tertiary/aromatic N) is 1. The van der Waals surface area contributed by atoms with Crippen LogP contribution in [0.1, 0.15) is 17.3 Å². The standard InChI is InChI=1S/C20H21N3O5S/c1-27-17-9-13-12-7-8-21-15(20(12)22-14(13)10-18(17)28-2)11-29(26)19-6-4-3-5-16(19)23(24)25/h3-6,9-10,15,21-22H,7-8,11H2,1-2H3/t15-,29-/m1/s1. The van der Waals surface area contributed by atoms with E-state index in [0.29, 0.717) is 11.5 Å². The molecule has 1 aliphatic heterocycles. The van der Waals surface area contributed by atoms with Crippen molar-refractivity contribution in [1.82, 2.24) is 10.3 Å². The molecule has 0 saturated heterocycles. The molecule has 1 aliphatic rings. The van der Waals surface area contributed by atoms with Gasteiger partial charge < -0.3 is 19.8 Å². The highest BCUT2D eigenvalue weighted by Crippen LogP contribution is 2.38. The molecule has 0 radical (unpaired) electrons. The van der Waals surface area contributed by atoms with E-state index >= 15 is 0 Å². The number of hydrogen-bond acceptors (Lipinski definition) is 6. The van der Waals surface area contributed by atoms with Crippen LogP contribution >= 0.6 is 0 Å². The number of hydrogen-bond donors (Lipinski definition) is 2. The van der Waals surface area contributed by atoms with Crippen LogP contribution in [-0.4, -0.2) is 40.6 Å². The van der Waals surface area contributed by atoms with Crippen molar-refractivity contribution in [2.75, 3.05) is 26.5 Å². The second-order valence-electron chi connectivity index (χ2n) is 6.76. The molecule has 9 heteroatoms. The molecule has 3 aromatic rings. The van der Waals surface area contributed by atoms with Gasteiger partial charge in [-0.2, -0.15) is 0 Å². The Hall–Kier alpha value is -2.91. The molecule has 8 nitrogen and oxygen atoms in total. The topological polar surface area (TPSA) is 106 Å². The number of para-hydroxylation sites is 1. The van der Waals surface area contributed by atoms with E-state index in [-0.39, 0.29) is 22.4 Å². The Bertz CT molecular complexity index is 1110. The quantitative estimate of drug-likeness (QED) is 0.473. The molecule has 29 heavy (non-hydrogen) atoms. The minimum Gasteiger partial charge on any atom is -0.493 e. The first-order valence-corrected chi connectivity index (χ1v) is 10.5. The molecule has 0 aliphatic carbocycles. The average molecular weight is 415 g/mol. The van der Waals surface area contributed by atoms with E-state index in [1.165, 1.54) is 6.07 Å². The number of aromatic nitrogens is 1. The molecule has 2 atom stereocenters. The van der Waals surface area contributed by atoms with Crippen molar-refractivity contribution in [1.29, 1.82) is 0 Å². The Labute approximate surface area is 169 Å². The van der Waals surface area contributed by atoms with Gasteiger partial charge in [0, 0.05) is 34.5 Å². The lowest BCUT2D eigenvalue weighted by atomic mass is 10.00. The molecule has 0 fully saturated rings. The van der Waals surface area contributed by atoms with Crippen molar-refractivity contribution in [3.63, 3.8) is 0 Å². The summed E-state index contributed by atoms with van der Waals surface area (Å²) in [6, 6.07) is 9.82. The molecular formula is C20H21N3O5S. The van der Waals surface area contributed by atoms with E-state index in [0.717, 1.165) is 35.1 Å². The molecule has 152 valence electrons. The lowest BCUT2D eigenvalue weighted by Gasteiger charge is -2.24. The van der Waals surface area contributed by atoms with Crippen molar-refractivity contribution in [3.05, 3.63) is 57.8 Å². The van der Waals surface area contributed by atoms with Crippen LogP contribution < -0.4 is 14.8 Å². The van der Waals surface area contributed by atoms with Crippen LogP contribution in [0, 0.1) is 10.1 Å². The van der Waals surface area contributed by atoms with Gasteiger partial charge in [-0.1, -0.05) is 12.1 Å². The van der Waals surface area contributed by atoms with E-state index < -0.39 is 15.7 Å². The number of nitro benzene ring substituents is 1. The van der Waals surface area contributed by atoms with Crippen LogP contribution in [0.15, 0.2) is 41.3 Å². The van der Waals surface area contributed by atoms with Crippen molar-refractivity contribution < 1.29 is 18.6 Å². The highest BCUT2D eigenvalue weighted by atomic mass is 32.2. The van der Waals surface area contributed by atoms with Crippen molar-refractivity contribution in [2.24, 2.45) is 0 Å². The average Bonchev–Trinajstić information content (AvgIpc) is 3.11. The molecule has 0 amide bonds. The highest BCUT2D eigenvalue weighted by Gasteiger charge is 2.28. The molecule has 1 aromatic heterocycles. The molecule has 0 bridgehead atoms. The maximum Gasteiger partial charge on any atom is 0.285 e. The normalized spacial score (nSPS) is 17.0. The zero-order valence-electron chi connectivity index (χ0n) is 16.1. The summed E-state index contributed by atoms with van der Waals surface area (Å²) >= 11 is 0. The summed E-state index contributed by atoms with van der Waals surface area (Å²) in [6.07, 6.45) is 0.819. The van der Waals surface area contributed by atoms with Crippen LogP contribution in [-0.2, 0) is 17.2 Å². The van der Waals surface area contributed by atoms with E-state index in [1.54, 1.807) is 32.4 Å². The zero-order chi connectivity index (χ0) is 20.5. The van der Waals surface area contributed by atoms with Crippen molar-refractivity contribution >= 4 is 27.4 Å². The zero-order valence-corrected chi connectivity index (χ0v) is 16.9. The van der Waals surface area contributed by atoms with Gasteiger partial charge in [0.2, 0.25) is 0 Å². The summed E-state index contributed by atoms with van der Waals surface area (Å²) in [6.45, 7) is 0.729. The first kappa shape index (κ1) is 19.4. The van der Waals surface area contributed by atoms with Gasteiger partial charge in [0.25, 0.3) is 5.69 Å². The summed E-state index contributed by atoms with van der Waals surface area (Å²) < 4.78 is 23.8. The number of nitrogens with one attached hydrogen (secondary N) is 2.